The maximum Gasteiger partial charge on any atom is 0.343 e. The summed E-state index contributed by atoms with van der Waals surface area (Å²) in [5.74, 6) is 0.631. The highest BCUT2D eigenvalue weighted by atomic mass is 28.4. The number of aliphatic hydroxyl groups excluding tert-OH is 1. The molecule has 0 unspecified atom stereocenters. The number of aryl methyl sites for hydroxylation is 1. The first kappa shape index (κ1) is 51.1. The van der Waals surface area contributed by atoms with Crippen molar-refractivity contribution < 1.29 is 42.4 Å². The Hall–Kier alpha value is -6.26. The van der Waals surface area contributed by atoms with Crippen molar-refractivity contribution in [2.75, 3.05) is 32.8 Å². The topological polar surface area (TPSA) is 232 Å². The SMILES string of the molecule is COc1ccc(C(OC[C@H]2O[C@@H](n3cc(C)c(=O)[nH]c3=O)C[C@@H]2O[Si](OC[C@H]2O[C@@H](n3cnc4c(=O)[nH]c(NC(=O)C(C)C)nc43)C[C@@H]2O)(C(C)C)C(C)C)(c2ccccc2)c2ccc(OC)cc2)cc1. The molecule has 3 aromatic carbocycles. The zero-order valence-corrected chi connectivity index (χ0v) is 42.4. The second-order valence-corrected chi connectivity index (χ2v) is 23.2. The number of benzene rings is 3. The Morgan fingerprint density at radius 2 is 1.39 bits per heavy atom. The summed E-state index contributed by atoms with van der Waals surface area (Å²) in [5.41, 5.74) is -0.146. The van der Waals surface area contributed by atoms with Crippen molar-refractivity contribution in [3.63, 3.8) is 0 Å². The van der Waals surface area contributed by atoms with E-state index in [-0.39, 0.29) is 66.1 Å². The number of imidazole rings is 1. The number of H-pyrrole nitrogens is 2. The van der Waals surface area contributed by atoms with Crippen LogP contribution in [0, 0.1) is 12.8 Å². The van der Waals surface area contributed by atoms with E-state index in [0.29, 0.717) is 17.1 Å². The van der Waals surface area contributed by atoms with E-state index >= 15 is 0 Å². The Bertz CT molecular complexity index is 2920. The maximum atomic E-state index is 13.5. The van der Waals surface area contributed by atoms with Crippen LogP contribution in [0.3, 0.4) is 0 Å². The first-order valence-electron chi connectivity index (χ1n) is 23.9. The molecule has 0 saturated carbocycles. The molecule has 6 aromatic rings. The predicted octanol–water partition coefficient (Wildman–Crippen LogP) is 6.20. The third kappa shape index (κ3) is 10.3. The van der Waals surface area contributed by atoms with Crippen molar-refractivity contribution in [3.8, 4) is 11.5 Å². The molecule has 378 valence electrons. The first-order chi connectivity index (χ1) is 34.0. The average molecular weight is 994 g/mol. The average Bonchev–Trinajstić information content (AvgIpc) is 4.08. The molecule has 2 aliphatic heterocycles. The summed E-state index contributed by atoms with van der Waals surface area (Å²) >= 11 is 0. The number of aliphatic hydroxyl groups is 1. The van der Waals surface area contributed by atoms with Crippen molar-refractivity contribution in [3.05, 3.63) is 145 Å². The van der Waals surface area contributed by atoms with Gasteiger partial charge in [-0.05, 0) is 59.0 Å². The third-order valence-corrected chi connectivity index (χ3v) is 17.9. The highest BCUT2D eigenvalue weighted by Gasteiger charge is 2.52. The minimum absolute atomic E-state index is 0.0298. The van der Waals surface area contributed by atoms with E-state index in [1.807, 2.05) is 107 Å². The zero-order valence-electron chi connectivity index (χ0n) is 41.4. The normalized spacial score (nSPS) is 20.6. The summed E-state index contributed by atoms with van der Waals surface area (Å²) in [5, 5.41) is 14.1. The van der Waals surface area contributed by atoms with E-state index in [1.54, 1.807) is 39.6 Å². The molecular weight excluding hydrogens is 931 g/mol. The lowest BCUT2D eigenvalue weighted by Gasteiger charge is -2.41. The lowest BCUT2D eigenvalue weighted by Crippen LogP contribution is -2.54. The van der Waals surface area contributed by atoms with Crippen LogP contribution >= 0.6 is 0 Å². The highest BCUT2D eigenvalue weighted by Crippen LogP contribution is 2.45. The number of fused-ring (bicyclic) bond motifs is 1. The van der Waals surface area contributed by atoms with Crippen molar-refractivity contribution in [1.82, 2.24) is 29.1 Å². The Morgan fingerprint density at radius 3 is 1.99 bits per heavy atom. The molecule has 6 atom stereocenters. The number of carbonyl (C=O) groups excluding carboxylic acids is 1. The number of rotatable bonds is 19. The van der Waals surface area contributed by atoms with E-state index in [1.165, 1.54) is 17.1 Å². The lowest BCUT2D eigenvalue weighted by atomic mass is 9.80. The Balaban J connectivity index is 1.12. The second kappa shape index (κ2) is 21.2. The maximum absolute atomic E-state index is 13.5. The van der Waals surface area contributed by atoms with Gasteiger partial charge in [-0.15, -0.1) is 0 Å². The van der Waals surface area contributed by atoms with Gasteiger partial charge in [0.2, 0.25) is 11.9 Å². The highest BCUT2D eigenvalue weighted by molar-refractivity contribution is 6.70. The summed E-state index contributed by atoms with van der Waals surface area (Å²) in [6.07, 6.45) is -1.67. The van der Waals surface area contributed by atoms with Gasteiger partial charge in [-0.25, -0.2) is 9.78 Å². The van der Waals surface area contributed by atoms with Crippen molar-refractivity contribution in [2.45, 2.75) is 115 Å². The largest absolute Gasteiger partial charge is 0.497 e. The van der Waals surface area contributed by atoms with E-state index in [2.05, 4.69) is 25.3 Å². The van der Waals surface area contributed by atoms with Crippen LogP contribution < -0.4 is 31.6 Å². The lowest BCUT2D eigenvalue weighted by molar-refractivity contribution is -0.118. The van der Waals surface area contributed by atoms with Crippen molar-refractivity contribution in [1.29, 1.82) is 0 Å². The number of methoxy groups -OCH3 is 2. The van der Waals surface area contributed by atoms with Crippen LogP contribution in [-0.2, 0) is 33.5 Å². The molecule has 3 aromatic heterocycles. The minimum atomic E-state index is -3.39. The van der Waals surface area contributed by atoms with Crippen LogP contribution in [0.5, 0.6) is 11.5 Å². The van der Waals surface area contributed by atoms with E-state index in [9.17, 15) is 24.3 Å². The Labute approximate surface area is 411 Å². The van der Waals surface area contributed by atoms with Gasteiger partial charge in [0, 0.05) is 30.5 Å². The number of hydrogen-bond donors (Lipinski definition) is 4. The fourth-order valence-corrected chi connectivity index (χ4v) is 13.2. The van der Waals surface area contributed by atoms with Crippen LogP contribution in [0.25, 0.3) is 11.2 Å². The molecule has 2 saturated heterocycles. The fourth-order valence-electron chi connectivity index (χ4n) is 9.47. The number of anilines is 1. The number of nitrogens with one attached hydrogen (secondary N) is 3. The molecular formula is C51H63N7O12Si. The summed E-state index contributed by atoms with van der Waals surface area (Å²) in [6, 6.07) is 25.3. The van der Waals surface area contributed by atoms with Crippen molar-refractivity contribution in [2.24, 2.45) is 5.92 Å². The van der Waals surface area contributed by atoms with Gasteiger partial charge in [0.05, 0.1) is 46.0 Å². The summed E-state index contributed by atoms with van der Waals surface area (Å²) in [4.78, 5) is 65.2. The number of nitrogens with zero attached hydrogens (tertiary/aromatic N) is 4. The number of aromatic nitrogens is 6. The molecule has 4 N–H and O–H groups in total. The van der Waals surface area contributed by atoms with Gasteiger partial charge in [0.15, 0.2) is 11.2 Å². The number of hydrogen-bond acceptors (Lipinski definition) is 14. The first-order valence-corrected chi connectivity index (χ1v) is 25.8. The summed E-state index contributed by atoms with van der Waals surface area (Å²) < 4.78 is 49.2. The molecule has 20 heteroatoms. The van der Waals surface area contributed by atoms with Crippen molar-refractivity contribution >= 4 is 31.6 Å². The molecule has 0 bridgehead atoms. The van der Waals surface area contributed by atoms with Gasteiger partial charge < -0.3 is 37.6 Å². The molecule has 0 spiro atoms. The van der Waals surface area contributed by atoms with Crippen LogP contribution in [0.15, 0.2) is 106 Å². The summed E-state index contributed by atoms with van der Waals surface area (Å²) in [7, 11) is -0.169. The standard InChI is InChI=1S/C51H63N7O12Si/c1-29(2)46(60)54-49-53-45-44(48(62)55-49)52-28-58(45)42-23-38(59)40(68-42)27-67-71(30(3)4,31(5)6)70-39-24-43(57-25-32(7)47(61)56-50(57)63)69-41(39)26-66-51(33-13-11-10-12-14-33,34-15-19-36(64-8)20-16-34)35-17-21-37(65-9)22-18-35/h10-22,25,28-31,38-43,59H,23-24,26-27H2,1-9H3,(H,56,61,63)(H2,53,54,55,60,62)/t38-,39-,40+,41+,42+,43+/m0/s1. The molecule has 0 aliphatic carbocycles. The zero-order chi connectivity index (χ0) is 50.8. The van der Waals surface area contributed by atoms with Crippen LogP contribution in [0.2, 0.25) is 11.1 Å². The smallest absolute Gasteiger partial charge is 0.343 e. The molecule has 8 rings (SSSR count). The van der Waals surface area contributed by atoms with Gasteiger partial charge in [-0.3, -0.25) is 38.8 Å². The number of carbonyl (C=O) groups is 1. The predicted molar refractivity (Wildman–Crippen MR) is 266 cm³/mol. The number of aromatic amines is 2. The molecule has 2 aliphatic rings. The van der Waals surface area contributed by atoms with Crippen LogP contribution in [0.4, 0.5) is 5.95 Å². The van der Waals surface area contributed by atoms with Gasteiger partial charge in [0.1, 0.15) is 41.8 Å². The van der Waals surface area contributed by atoms with Gasteiger partial charge in [0.25, 0.3) is 11.1 Å². The Morgan fingerprint density at radius 1 is 0.803 bits per heavy atom. The fraction of sp³-hybridized carbons (Fsp3) is 0.451. The monoisotopic (exact) mass is 993 g/mol. The number of amides is 1. The van der Waals surface area contributed by atoms with E-state index < -0.39 is 67.8 Å². The second-order valence-electron chi connectivity index (χ2n) is 19.0. The van der Waals surface area contributed by atoms with Gasteiger partial charge in [-0.2, -0.15) is 4.98 Å². The molecule has 0 radical (unpaired) electrons. The van der Waals surface area contributed by atoms with Gasteiger partial charge in [-0.1, -0.05) is 96.1 Å². The summed E-state index contributed by atoms with van der Waals surface area (Å²) in [6.45, 7) is 13.2. The molecule has 1 amide bonds. The van der Waals surface area contributed by atoms with E-state index in [0.717, 1.165) is 16.7 Å². The molecule has 19 nitrogen and oxygen atoms in total. The Kier molecular flexibility index (Phi) is 15.3. The molecule has 2 fully saturated rings. The van der Waals surface area contributed by atoms with Gasteiger partial charge >= 0.3 is 14.3 Å². The van der Waals surface area contributed by atoms with E-state index in [4.69, 9.17) is 32.5 Å². The molecule has 71 heavy (non-hydrogen) atoms. The minimum Gasteiger partial charge on any atom is -0.497 e. The quantitative estimate of drug-likeness (QED) is 0.0523. The van der Waals surface area contributed by atoms with Crippen LogP contribution in [-0.4, -0.2) is 100 Å². The number of ether oxygens (including phenoxy) is 5. The van der Waals surface area contributed by atoms with Crippen LogP contribution in [0.1, 0.15) is 89.1 Å². The third-order valence-electron chi connectivity index (χ3n) is 13.4. The molecule has 5 heterocycles.